The van der Waals surface area contributed by atoms with Crippen LogP contribution < -0.4 is 5.32 Å². The van der Waals surface area contributed by atoms with Crippen LogP contribution in [0.5, 0.6) is 0 Å². The minimum absolute atomic E-state index is 0.822. The molecule has 2 fully saturated rings. The fourth-order valence-corrected chi connectivity index (χ4v) is 4.19. The molecule has 3 nitrogen and oxygen atoms in total. The third-order valence-electron chi connectivity index (χ3n) is 5.22. The van der Waals surface area contributed by atoms with Gasteiger partial charge in [0.2, 0.25) is 0 Å². The van der Waals surface area contributed by atoms with Gasteiger partial charge in [-0.05, 0) is 80.3 Å². The summed E-state index contributed by atoms with van der Waals surface area (Å²) in [5.74, 6) is 1.68. The van der Waals surface area contributed by atoms with Crippen molar-refractivity contribution in [1.82, 2.24) is 15.1 Å². The predicted molar refractivity (Wildman–Crippen MR) is 90.5 cm³/mol. The lowest BCUT2D eigenvalue weighted by Gasteiger charge is -2.32. The van der Waals surface area contributed by atoms with Gasteiger partial charge in [0.15, 0.2) is 0 Å². The fourth-order valence-electron chi connectivity index (χ4n) is 3.74. The summed E-state index contributed by atoms with van der Waals surface area (Å²) >= 11 is 3.76. The molecule has 0 saturated heterocycles. The molecule has 2 unspecified atom stereocenters. The molecule has 4 heteroatoms. The molecule has 0 aromatic carbocycles. The van der Waals surface area contributed by atoms with Crippen LogP contribution in [0.2, 0.25) is 0 Å². The molecule has 0 bridgehead atoms. The van der Waals surface area contributed by atoms with Crippen LogP contribution >= 0.6 is 15.9 Å². The van der Waals surface area contributed by atoms with Crippen LogP contribution in [-0.2, 0) is 13.0 Å². The van der Waals surface area contributed by atoms with Crippen molar-refractivity contribution in [2.24, 2.45) is 11.8 Å². The largest absolute Gasteiger partial charge is 0.314 e. The highest BCUT2D eigenvalue weighted by atomic mass is 79.9. The minimum Gasteiger partial charge on any atom is -0.314 e. The van der Waals surface area contributed by atoms with Crippen molar-refractivity contribution in [3.8, 4) is 0 Å². The van der Waals surface area contributed by atoms with Gasteiger partial charge in [0.05, 0.1) is 15.9 Å². The molecule has 2 aliphatic carbocycles. The van der Waals surface area contributed by atoms with Gasteiger partial charge in [-0.1, -0.05) is 12.8 Å². The smallest absolute Gasteiger partial charge is 0.0738 e. The number of nitrogens with one attached hydrogen (secondary N) is 1. The van der Waals surface area contributed by atoms with Gasteiger partial charge in [0.25, 0.3) is 0 Å². The lowest BCUT2D eigenvalue weighted by Crippen LogP contribution is -2.33. The van der Waals surface area contributed by atoms with Crippen LogP contribution in [0.15, 0.2) is 4.47 Å². The van der Waals surface area contributed by atoms with Gasteiger partial charge < -0.3 is 5.32 Å². The van der Waals surface area contributed by atoms with Crippen LogP contribution in [0.3, 0.4) is 0 Å². The molecule has 3 rings (SSSR count). The van der Waals surface area contributed by atoms with E-state index in [1.54, 1.807) is 0 Å². The molecule has 1 heterocycles. The maximum absolute atomic E-state index is 4.66. The second-order valence-corrected chi connectivity index (χ2v) is 7.65. The summed E-state index contributed by atoms with van der Waals surface area (Å²) in [7, 11) is 0. The van der Waals surface area contributed by atoms with Gasteiger partial charge in [-0.2, -0.15) is 5.10 Å². The number of halogens is 1. The van der Waals surface area contributed by atoms with Gasteiger partial charge in [-0.25, -0.2) is 0 Å². The SMILES string of the molecule is CCn1nc(C)c(Br)c1CC1CCCCC1CNC1CC1. The molecule has 1 aromatic rings. The van der Waals surface area contributed by atoms with Crippen molar-refractivity contribution in [3.63, 3.8) is 0 Å². The van der Waals surface area contributed by atoms with E-state index in [1.807, 2.05) is 0 Å². The monoisotopic (exact) mass is 353 g/mol. The van der Waals surface area contributed by atoms with Gasteiger partial charge >= 0.3 is 0 Å². The average Bonchev–Trinajstić information content (AvgIpc) is 3.28. The maximum atomic E-state index is 4.66. The van der Waals surface area contributed by atoms with Crippen LogP contribution in [0.1, 0.15) is 56.8 Å². The maximum Gasteiger partial charge on any atom is 0.0738 e. The summed E-state index contributed by atoms with van der Waals surface area (Å²) in [6, 6.07) is 0.836. The average molecular weight is 354 g/mol. The summed E-state index contributed by atoms with van der Waals surface area (Å²) < 4.78 is 3.43. The van der Waals surface area contributed by atoms with E-state index in [9.17, 15) is 0 Å². The van der Waals surface area contributed by atoms with Crippen LogP contribution in [0, 0.1) is 18.8 Å². The molecular weight excluding hydrogens is 326 g/mol. The Morgan fingerprint density at radius 1 is 1.19 bits per heavy atom. The normalized spacial score (nSPS) is 26.2. The Balaban J connectivity index is 1.68. The van der Waals surface area contributed by atoms with Gasteiger partial charge in [0, 0.05) is 12.6 Å². The van der Waals surface area contributed by atoms with Crippen LogP contribution in [0.25, 0.3) is 0 Å². The van der Waals surface area contributed by atoms with Crippen molar-refractivity contribution in [1.29, 1.82) is 0 Å². The van der Waals surface area contributed by atoms with E-state index in [0.717, 1.165) is 30.1 Å². The molecule has 21 heavy (non-hydrogen) atoms. The van der Waals surface area contributed by atoms with E-state index in [2.05, 4.69) is 44.9 Å². The predicted octanol–water partition coefficient (Wildman–Crippen LogP) is 4.07. The third kappa shape index (κ3) is 3.70. The second-order valence-electron chi connectivity index (χ2n) is 6.85. The van der Waals surface area contributed by atoms with E-state index in [-0.39, 0.29) is 0 Å². The summed E-state index contributed by atoms with van der Waals surface area (Å²) in [5.41, 5.74) is 2.55. The summed E-state index contributed by atoms with van der Waals surface area (Å²) in [6.45, 7) is 6.49. The minimum atomic E-state index is 0.822. The molecule has 2 saturated carbocycles. The molecule has 0 spiro atoms. The number of nitrogens with zero attached hydrogens (tertiary/aromatic N) is 2. The zero-order chi connectivity index (χ0) is 14.8. The first-order chi connectivity index (χ1) is 10.2. The third-order valence-corrected chi connectivity index (χ3v) is 6.25. The fraction of sp³-hybridized carbons (Fsp3) is 0.824. The lowest BCUT2D eigenvalue weighted by atomic mass is 9.77. The second kappa shape index (κ2) is 6.82. The molecule has 0 radical (unpaired) electrons. The number of hydrogen-bond donors (Lipinski definition) is 1. The first kappa shape index (κ1) is 15.5. The van der Waals surface area contributed by atoms with Gasteiger partial charge in [-0.15, -0.1) is 0 Å². The Morgan fingerprint density at radius 3 is 2.57 bits per heavy atom. The van der Waals surface area contributed by atoms with Crippen molar-refractivity contribution < 1.29 is 0 Å². The number of hydrogen-bond acceptors (Lipinski definition) is 2. The van der Waals surface area contributed by atoms with E-state index in [1.165, 1.54) is 61.7 Å². The molecule has 2 atom stereocenters. The zero-order valence-electron chi connectivity index (χ0n) is 13.4. The molecule has 118 valence electrons. The molecule has 1 N–H and O–H groups in total. The number of aryl methyl sites for hydroxylation is 2. The highest BCUT2D eigenvalue weighted by Crippen LogP contribution is 2.35. The quantitative estimate of drug-likeness (QED) is 0.834. The van der Waals surface area contributed by atoms with Gasteiger partial charge in [0.1, 0.15) is 0 Å². The van der Waals surface area contributed by atoms with Crippen molar-refractivity contribution >= 4 is 15.9 Å². The molecular formula is C17H28BrN3. The van der Waals surface area contributed by atoms with Crippen molar-refractivity contribution in [2.75, 3.05) is 6.54 Å². The van der Waals surface area contributed by atoms with Crippen LogP contribution in [0.4, 0.5) is 0 Å². The van der Waals surface area contributed by atoms with E-state index in [0.29, 0.717) is 0 Å². The Bertz CT molecular complexity index is 479. The Morgan fingerprint density at radius 2 is 1.90 bits per heavy atom. The Kier molecular flexibility index (Phi) is 5.05. The van der Waals surface area contributed by atoms with Crippen LogP contribution in [-0.4, -0.2) is 22.4 Å². The summed E-state index contributed by atoms with van der Waals surface area (Å²) in [5, 5.41) is 8.41. The lowest BCUT2D eigenvalue weighted by molar-refractivity contribution is 0.224. The van der Waals surface area contributed by atoms with E-state index in [4.69, 9.17) is 0 Å². The van der Waals surface area contributed by atoms with Gasteiger partial charge in [-0.3, -0.25) is 4.68 Å². The van der Waals surface area contributed by atoms with E-state index < -0.39 is 0 Å². The number of aromatic nitrogens is 2. The van der Waals surface area contributed by atoms with E-state index >= 15 is 0 Å². The molecule has 0 amide bonds. The highest BCUT2D eigenvalue weighted by molar-refractivity contribution is 9.10. The summed E-state index contributed by atoms with van der Waals surface area (Å²) in [6.07, 6.45) is 9.59. The Hall–Kier alpha value is -0.350. The van der Waals surface area contributed by atoms with Crippen molar-refractivity contribution in [3.05, 3.63) is 15.9 Å². The topological polar surface area (TPSA) is 29.9 Å². The number of rotatable bonds is 6. The molecule has 1 aromatic heterocycles. The van der Waals surface area contributed by atoms with Crippen molar-refractivity contribution in [2.45, 2.75) is 71.4 Å². The summed E-state index contributed by atoms with van der Waals surface area (Å²) in [4.78, 5) is 0. The highest BCUT2D eigenvalue weighted by Gasteiger charge is 2.29. The first-order valence-electron chi connectivity index (χ1n) is 8.64. The first-order valence-corrected chi connectivity index (χ1v) is 9.43. The molecule has 0 aliphatic heterocycles. The Labute approximate surface area is 137 Å². The standard InChI is InChI=1S/C17H28BrN3/c1-3-21-16(17(18)12(2)20-21)10-13-6-4-5-7-14(13)11-19-15-8-9-15/h13-15,19H,3-11H2,1-2H3. The molecule has 2 aliphatic rings. The zero-order valence-corrected chi connectivity index (χ0v) is 15.0.